The van der Waals surface area contributed by atoms with Gasteiger partial charge in [-0.2, -0.15) is 9.40 Å². The Morgan fingerprint density at radius 2 is 1.82 bits per heavy atom. The number of rotatable bonds is 3. The molecule has 8 nitrogen and oxygen atoms in total. The molecule has 1 N–H and O–H groups in total. The molecule has 0 spiro atoms. The van der Waals surface area contributed by atoms with Crippen molar-refractivity contribution in [2.24, 2.45) is 0 Å². The Morgan fingerprint density at radius 1 is 1.11 bits per heavy atom. The zero-order valence-electron chi connectivity index (χ0n) is 14.9. The topological polar surface area (TPSA) is 91.6 Å². The van der Waals surface area contributed by atoms with Gasteiger partial charge in [0.05, 0.1) is 24.2 Å². The minimum absolute atomic E-state index is 0.0924. The summed E-state index contributed by atoms with van der Waals surface area (Å²) in [6.45, 7) is 1.75. The molecule has 0 atom stereocenters. The van der Waals surface area contributed by atoms with Crippen molar-refractivity contribution in [1.82, 2.24) is 19.1 Å². The lowest BCUT2D eigenvalue weighted by Crippen LogP contribution is -2.48. The van der Waals surface area contributed by atoms with E-state index in [2.05, 4.69) is 10.1 Å². The van der Waals surface area contributed by atoms with E-state index in [4.69, 9.17) is 0 Å². The van der Waals surface area contributed by atoms with Gasteiger partial charge in [-0.1, -0.05) is 0 Å². The molecule has 0 radical (unpaired) electrons. The number of nitrogens with zero attached hydrogens (tertiary/aromatic N) is 5. The fraction of sp³-hybridized carbons (Fsp3) is 0.294. The van der Waals surface area contributed by atoms with E-state index in [1.165, 1.54) is 33.7 Å². The zero-order chi connectivity index (χ0) is 20.1. The van der Waals surface area contributed by atoms with Crippen LogP contribution in [0.2, 0.25) is 0 Å². The van der Waals surface area contributed by atoms with Crippen LogP contribution in [0.25, 0.3) is 16.6 Å². The van der Waals surface area contributed by atoms with Crippen molar-refractivity contribution in [2.45, 2.75) is 0 Å². The molecular weight excluding hydrogens is 392 g/mol. The van der Waals surface area contributed by atoms with Crippen LogP contribution in [0.5, 0.6) is 5.75 Å². The van der Waals surface area contributed by atoms with Crippen molar-refractivity contribution in [3.05, 3.63) is 42.2 Å². The fourth-order valence-electron chi connectivity index (χ4n) is 3.22. The molecule has 1 aliphatic heterocycles. The monoisotopic (exact) mass is 409 g/mol. The van der Waals surface area contributed by atoms with Gasteiger partial charge in [0.1, 0.15) is 11.5 Å². The van der Waals surface area contributed by atoms with E-state index in [1.807, 2.05) is 4.90 Å². The van der Waals surface area contributed by atoms with Gasteiger partial charge in [0.25, 0.3) is 0 Å². The molecule has 0 amide bonds. The van der Waals surface area contributed by atoms with Crippen molar-refractivity contribution >= 4 is 26.7 Å². The average Bonchev–Trinajstić information content (AvgIpc) is 3.09. The number of aromatic nitrogens is 3. The number of fused-ring (bicyclic) bond motifs is 1. The lowest BCUT2D eigenvalue weighted by atomic mass is 10.2. The minimum Gasteiger partial charge on any atom is -0.503 e. The van der Waals surface area contributed by atoms with Crippen LogP contribution in [-0.4, -0.2) is 65.0 Å². The van der Waals surface area contributed by atoms with Crippen molar-refractivity contribution in [2.75, 3.05) is 37.3 Å². The summed E-state index contributed by atoms with van der Waals surface area (Å²) in [5.41, 5.74) is 0.397. The van der Waals surface area contributed by atoms with Crippen LogP contribution in [0, 0.1) is 11.6 Å². The number of benzene rings is 1. The van der Waals surface area contributed by atoms with Crippen LogP contribution in [0.15, 0.2) is 30.6 Å². The van der Waals surface area contributed by atoms with Gasteiger partial charge in [0, 0.05) is 31.6 Å². The van der Waals surface area contributed by atoms with Gasteiger partial charge < -0.3 is 10.0 Å². The first-order valence-electron chi connectivity index (χ1n) is 8.47. The molecule has 0 aliphatic carbocycles. The van der Waals surface area contributed by atoms with Crippen molar-refractivity contribution in [1.29, 1.82) is 0 Å². The van der Waals surface area contributed by atoms with Gasteiger partial charge in [0.15, 0.2) is 17.4 Å². The van der Waals surface area contributed by atoms with Crippen LogP contribution in [-0.2, 0) is 10.0 Å². The van der Waals surface area contributed by atoms with Gasteiger partial charge in [-0.25, -0.2) is 26.9 Å². The molecule has 1 aromatic carbocycles. The summed E-state index contributed by atoms with van der Waals surface area (Å²) in [6, 6.07) is 3.93. The summed E-state index contributed by atoms with van der Waals surface area (Å²) < 4.78 is 53.4. The van der Waals surface area contributed by atoms with E-state index in [9.17, 15) is 22.3 Å². The second-order valence-corrected chi connectivity index (χ2v) is 8.52. The molecule has 0 unspecified atom stereocenters. The van der Waals surface area contributed by atoms with Crippen molar-refractivity contribution in [3.63, 3.8) is 0 Å². The van der Waals surface area contributed by atoms with Gasteiger partial charge in [-0.15, -0.1) is 0 Å². The zero-order valence-corrected chi connectivity index (χ0v) is 15.7. The van der Waals surface area contributed by atoms with Crippen LogP contribution in [0.1, 0.15) is 0 Å². The normalized spacial score (nSPS) is 16.0. The Bertz CT molecular complexity index is 1160. The maximum absolute atomic E-state index is 14.2. The highest BCUT2D eigenvalue weighted by molar-refractivity contribution is 7.88. The van der Waals surface area contributed by atoms with E-state index >= 15 is 0 Å². The summed E-state index contributed by atoms with van der Waals surface area (Å²) in [5, 5.41) is 14.3. The first kappa shape index (κ1) is 18.6. The number of hydrogen-bond donors (Lipinski definition) is 1. The molecule has 1 aliphatic rings. The van der Waals surface area contributed by atoms with E-state index in [0.29, 0.717) is 42.9 Å². The SMILES string of the molecule is CS(=O)(=O)N1CCN(c2cc3cnn(-c4ccc(F)c(O)c4F)c3cn2)CC1. The smallest absolute Gasteiger partial charge is 0.211 e. The van der Waals surface area contributed by atoms with Crippen LogP contribution < -0.4 is 4.90 Å². The molecule has 0 bridgehead atoms. The van der Waals surface area contributed by atoms with Gasteiger partial charge in [0.2, 0.25) is 10.0 Å². The summed E-state index contributed by atoms with van der Waals surface area (Å²) in [6.07, 6.45) is 4.22. The summed E-state index contributed by atoms with van der Waals surface area (Å²) in [7, 11) is -3.21. The predicted molar refractivity (Wildman–Crippen MR) is 99.1 cm³/mol. The van der Waals surface area contributed by atoms with E-state index in [-0.39, 0.29) is 5.69 Å². The lowest BCUT2D eigenvalue weighted by Gasteiger charge is -2.33. The van der Waals surface area contributed by atoms with E-state index in [1.54, 1.807) is 6.07 Å². The van der Waals surface area contributed by atoms with Gasteiger partial charge in [-0.05, 0) is 18.2 Å². The van der Waals surface area contributed by atoms with Crippen LogP contribution in [0.3, 0.4) is 0 Å². The summed E-state index contributed by atoms with van der Waals surface area (Å²) in [5.74, 6) is -2.56. The molecular formula is C17H17F2N5O3S. The number of pyridine rings is 1. The molecule has 148 valence electrons. The largest absolute Gasteiger partial charge is 0.503 e. The molecule has 3 aromatic rings. The average molecular weight is 409 g/mol. The number of piperazine rings is 1. The second kappa shape index (κ2) is 6.67. The third-order valence-corrected chi connectivity index (χ3v) is 6.05. The van der Waals surface area contributed by atoms with Gasteiger partial charge in [-0.3, -0.25) is 0 Å². The van der Waals surface area contributed by atoms with Crippen LogP contribution >= 0.6 is 0 Å². The highest BCUT2D eigenvalue weighted by Crippen LogP contribution is 2.28. The first-order chi connectivity index (χ1) is 13.3. The molecule has 11 heteroatoms. The Hall–Kier alpha value is -2.79. The Balaban J connectivity index is 1.64. The Labute approximate surface area is 159 Å². The summed E-state index contributed by atoms with van der Waals surface area (Å²) >= 11 is 0. The Kier molecular flexibility index (Phi) is 4.42. The molecule has 3 heterocycles. The van der Waals surface area contributed by atoms with E-state index < -0.39 is 27.4 Å². The maximum Gasteiger partial charge on any atom is 0.211 e. The maximum atomic E-state index is 14.2. The van der Waals surface area contributed by atoms with Crippen molar-refractivity contribution in [3.8, 4) is 11.4 Å². The number of aromatic hydroxyl groups is 1. The van der Waals surface area contributed by atoms with Gasteiger partial charge >= 0.3 is 0 Å². The number of anilines is 1. The predicted octanol–water partition coefficient (Wildman–Crippen LogP) is 1.49. The van der Waals surface area contributed by atoms with Crippen molar-refractivity contribution < 1.29 is 22.3 Å². The Morgan fingerprint density at radius 3 is 2.50 bits per heavy atom. The standard InChI is InChI=1S/C17H17F2N5O3S/c1-28(26,27)23-6-4-22(5-7-23)15-8-11-9-21-24(14(11)10-20-15)13-3-2-12(18)17(25)16(13)19/h2-3,8-10,25H,4-7H2,1H3. The quantitative estimate of drug-likeness (QED) is 0.705. The minimum atomic E-state index is -3.21. The number of hydrogen-bond acceptors (Lipinski definition) is 6. The third kappa shape index (κ3) is 3.16. The number of phenols is 1. The van der Waals surface area contributed by atoms with Crippen LogP contribution in [0.4, 0.5) is 14.6 Å². The third-order valence-electron chi connectivity index (χ3n) is 4.75. The molecule has 28 heavy (non-hydrogen) atoms. The highest BCUT2D eigenvalue weighted by atomic mass is 32.2. The first-order valence-corrected chi connectivity index (χ1v) is 10.3. The highest BCUT2D eigenvalue weighted by Gasteiger charge is 2.24. The number of sulfonamides is 1. The number of phenolic OH excluding ortho intramolecular Hbond substituents is 1. The lowest BCUT2D eigenvalue weighted by molar-refractivity contribution is 0.387. The number of halogens is 2. The second-order valence-electron chi connectivity index (χ2n) is 6.54. The summed E-state index contributed by atoms with van der Waals surface area (Å²) in [4.78, 5) is 6.34. The molecule has 1 fully saturated rings. The molecule has 1 saturated heterocycles. The molecule has 4 rings (SSSR count). The fourth-order valence-corrected chi connectivity index (χ4v) is 4.05. The molecule has 0 saturated carbocycles. The van der Waals surface area contributed by atoms with E-state index in [0.717, 1.165) is 6.07 Å². The molecule has 2 aromatic heterocycles.